The second-order valence-electron chi connectivity index (χ2n) is 9.85. The van der Waals surface area contributed by atoms with Gasteiger partial charge in [0.2, 0.25) is 16.8 Å². The van der Waals surface area contributed by atoms with Gasteiger partial charge in [0.25, 0.3) is 0 Å². The van der Waals surface area contributed by atoms with Crippen LogP contribution in [0.3, 0.4) is 0 Å². The fourth-order valence-electron chi connectivity index (χ4n) is 3.96. The van der Waals surface area contributed by atoms with Crippen molar-refractivity contribution in [2.24, 2.45) is 5.92 Å². The Labute approximate surface area is 224 Å². The smallest absolute Gasteiger partial charge is 0.404 e. The third-order valence-corrected chi connectivity index (χ3v) is 7.73. The van der Waals surface area contributed by atoms with Crippen molar-refractivity contribution >= 4 is 16.1 Å². The van der Waals surface area contributed by atoms with E-state index in [1.165, 1.54) is 22.5 Å². The lowest BCUT2D eigenvalue weighted by Gasteiger charge is -2.30. The molecule has 0 aliphatic carbocycles. The number of aliphatic hydroxyl groups is 1. The largest absolute Gasteiger partial charge is 0.492 e. The zero-order valence-electron chi connectivity index (χ0n) is 22.2. The highest BCUT2D eigenvalue weighted by Crippen LogP contribution is 2.34. The highest BCUT2D eigenvalue weighted by atomic mass is 32.2. The molecule has 0 spiro atoms. The molecule has 1 aliphatic rings. The molecule has 2 aromatic rings. The molecule has 1 amide bonds. The van der Waals surface area contributed by atoms with E-state index in [2.05, 4.69) is 5.32 Å². The van der Waals surface area contributed by atoms with Gasteiger partial charge in [0.05, 0.1) is 17.0 Å². The van der Waals surface area contributed by atoms with Gasteiger partial charge in [-0.05, 0) is 56.3 Å². The maximum atomic E-state index is 13.5. The van der Waals surface area contributed by atoms with E-state index < -0.39 is 28.3 Å². The number of hydrogen-bond acceptors (Lipinski definition) is 8. The number of carboxylic acid groups (broad SMARTS) is 1. The second-order valence-corrected chi connectivity index (χ2v) is 11.8. The standard InChI is InChI=1S/C26H37N3O8S/c1-18(2)15-29(38(33,34)21-9-10-24-25(14-21)37-17-36-24)16-23(30)22(27-26(31)32)13-19-5-7-20(8-6-19)35-12-11-28(3)4/h5-10,14,18,22-23,27,30H,11-13,15-17H2,1-4H3,(H,31,32)/t22-,23+/m0/s1. The first-order valence-corrected chi connectivity index (χ1v) is 13.8. The van der Waals surface area contributed by atoms with E-state index in [-0.39, 0.29) is 37.1 Å². The lowest BCUT2D eigenvalue weighted by molar-refractivity contribution is 0.0980. The molecule has 0 radical (unpaired) electrons. The number of amides is 1. The zero-order valence-corrected chi connectivity index (χ0v) is 23.0. The molecule has 0 unspecified atom stereocenters. The Morgan fingerprint density at radius 2 is 1.76 bits per heavy atom. The first-order chi connectivity index (χ1) is 18.0. The Bertz CT molecular complexity index is 1170. The number of aliphatic hydroxyl groups excluding tert-OH is 1. The summed E-state index contributed by atoms with van der Waals surface area (Å²) in [6, 6.07) is 10.6. The molecule has 1 heterocycles. The third kappa shape index (κ3) is 8.22. The molecule has 12 heteroatoms. The summed E-state index contributed by atoms with van der Waals surface area (Å²) in [6.07, 6.45) is -2.47. The van der Waals surface area contributed by atoms with Crippen LogP contribution in [0.15, 0.2) is 47.4 Å². The summed E-state index contributed by atoms with van der Waals surface area (Å²) < 4.78 is 44.5. The second kappa shape index (κ2) is 13.1. The summed E-state index contributed by atoms with van der Waals surface area (Å²) in [4.78, 5) is 13.5. The van der Waals surface area contributed by atoms with Gasteiger partial charge in [0.15, 0.2) is 11.5 Å². The van der Waals surface area contributed by atoms with Crippen LogP contribution in [0.5, 0.6) is 17.2 Å². The summed E-state index contributed by atoms with van der Waals surface area (Å²) in [6.45, 7) is 4.86. The van der Waals surface area contributed by atoms with Crippen LogP contribution in [-0.2, 0) is 16.4 Å². The number of sulfonamides is 1. The van der Waals surface area contributed by atoms with Gasteiger partial charge in [-0.25, -0.2) is 13.2 Å². The van der Waals surface area contributed by atoms with Crippen molar-refractivity contribution in [3.63, 3.8) is 0 Å². The van der Waals surface area contributed by atoms with E-state index in [0.717, 1.165) is 12.1 Å². The Morgan fingerprint density at radius 1 is 1.08 bits per heavy atom. The first kappa shape index (κ1) is 29.5. The van der Waals surface area contributed by atoms with Crippen molar-refractivity contribution in [1.82, 2.24) is 14.5 Å². The van der Waals surface area contributed by atoms with Crippen LogP contribution in [0.4, 0.5) is 4.79 Å². The molecule has 11 nitrogen and oxygen atoms in total. The predicted molar refractivity (Wildman–Crippen MR) is 141 cm³/mol. The topological polar surface area (TPSA) is 138 Å². The van der Waals surface area contributed by atoms with E-state index >= 15 is 0 Å². The average Bonchev–Trinajstić information content (AvgIpc) is 3.31. The molecule has 3 N–H and O–H groups in total. The highest BCUT2D eigenvalue weighted by molar-refractivity contribution is 7.89. The maximum Gasteiger partial charge on any atom is 0.404 e. The Morgan fingerprint density at radius 3 is 2.39 bits per heavy atom. The molecule has 0 fully saturated rings. The van der Waals surface area contributed by atoms with Gasteiger partial charge in [0, 0.05) is 25.7 Å². The van der Waals surface area contributed by atoms with Crippen LogP contribution in [0.25, 0.3) is 0 Å². The summed E-state index contributed by atoms with van der Waals surface area (Å²) in [5, 5.41) is 22.8. The van der Waals surface area contributed by atoms with Gasteiger partial charge >= 0.3 is 6.09 Å². The van der Waals surface area contributed by atoms with Gasteiger partial charge in [-0.1, -0.05) is 26.0 Å². The molecule has 2 atom stereocenters. The lowest BCUT2D eigenvalue weighted by Crippen LogP contribution is -2.50. The number of likely N-dealkylation sites (N-methyl/N-ethyl adjacent to an activating group) is 1. The molecule has 0 saturated heterocycles. The van der Waals surface area contributed by atoms with Crippen molar-refractivity contribution < 1.29 is 37.6 Å². The van der Waals surface area contributed by atoms with Crippen LogP contribution < -0.4 is 19.5 Å². The first-order valence-electron chi connectivity index (χ1n) is 12.4. The van der Waals surface area contributed by atoms with Crippen LogP contribution in [0.1, 0.15) is 19.4 Å². The SMILES string of the molecule is CC(C)CN(C[C@@H](O)[C@H](Cc1ccc(OCCN(C)C)cc1)NC(=O)O)S(=O)(=O)c1ccc2c(c1)OCO2. The van der Waals surface area contributed by atoms with E-state index in [1.54, 1.807) is 24.3 Å². The molecule has 38 heavy (non-hydrogen) atoms. The lowest BCUT2D eigenvalue weighted by atomic mass is 10.0. The summed E-state index contributed by atoms with van der Waals surface area (Å²) in [7, 11) is -0.117. The summed E-state index contributed by atoms with van der Waals surface area (Å²) in [5.74, 6) is 1.42. The van der Waals surface area contributed by atoms with E-state index in [0.29, 0.717) is 23.9 Å². The normalized spacial score (nSPS) is 14.6. The molecule has 1 aliphatic heterocycles. The van der Waals surface area contributed by atoms with Crippen molar-refractivity contribution in [2.45, 2.75) is 37.3 Å². The van der Waals surface area contributed by atoms with Gasteiger partial charge in [-0.3, -0.25) is 0 Å². The van der Waals surface area contributed by atoms with Gasteiger partial charge in [0.1, 0.15) is 12.4 Å². The molecule has 210 valence electrons. The number of benzene rings is 2. The van der Waals surface area contributed by atoms with Crippen LogP contribution in [0.2, 0.25) is 0 Å². The summed E-state index contributed by atoms with van der Waals surface area (Å²) >= 11 is 0. The van der Waals surface area contributed by atoms with Gasteiger partial charge < -0.3 is 34.6 Å². The van der Waals surface area contributed by atoms with E-state index in [9.17, 15) is 23.4 Å². The number of hydrogen-bond donors (Lipinski definition) is 3. The molecule has 3 rings (SSSR count). The fourth-order valence-corrected chi connectivity index (χ4v) is 5.60. The monoisotopic (exact) mass is 551 g/mol. The Hall–Kier alpha value is -3.06. The van der Waals surface area contributed by atoms with Gasteiger partial charge in [-0.15, -0.1) is 0 Å². The van der Waals surface area contributed by atoms with Gasteiger partial charge in [-0.2, -0.15) is 4.31 Å². The van der Waals surface area contributed by atoms with Crippen LogP contribution in [-0.4, -0.2) is 93.2 Å². The number of carbonyl (C=O) groups is 1. The third-order valence-electron chi connectivity index (χ3n) is 5.90. The quantitative estimate of drug-likeness (QED) is 0.323. The minimum atomic E-state index is -4.03. The highest BCUT2D eigenvalue weighted by Gasteiger charge is 2.32. The van der Waals surface area contributed by atoms with Crippen LogP contribution in [0, 0.1) is 5.92 Å². The molecular weight excluding hydrogens is 514 g/mol. The fraction of sp³-hybridized carbons (Fsp3) is 0.500. The Balaban J connectivity index is 1.75. The summed E-state index contributed by atoms with van der Waals surface area (Å²) in [5.41, 5.74) is 0.761. The predicted octanol–water partition coefficient (Wildman–Crippen LogP) is 2.24. The van der Waals surface area contributed by atoms with Crippen molar-refractivity contribution in [3.8, 4) is 17.2 Å². The number of ether oxygens (including phenoxy) is 3. The minimum Gasteiger partial charge on any atom is -0.492 e. The molecule has 0 bridgehead atoms. The average molecular weight is 552 g/mol. The number of nitrogens with zero attached hydrogens (tertiary/aromatic N) is 2. The maximum absolute atomic E-state index is 13.5. The van der Waals surface area contributed by atoms with Crippen molar-refractivity contribution in [1.29, 1.82) is 0 Å². The van der Waals surface area contributed by atoms with Crippen LogP contribution >= 0.6 is 0 Å². The Kier molecular flexibility index (Phi) is 10.2. The number of fused-ring (bicyclic) bond motifs is 1. The number of nitrogens with one attached hydrogen (secondary N) is 1. The zero-order chi connectivity index (χ0) is 27.9. The van der Waals surface area contributed by atoms with E-state index in [4.69, 9.17) is 14.2 Å². The number of rotatable bonds is 14. The minimum absolute atomic E-state index is 0.00204. The van der Waals surface area contributed by atoms with E-state index in [1.807, 2.05) is 32.8 Å². The molecule has 0 aromatic heterocycles. The molecular formula is C26H37N3O8S. The van der Waals surface area contributed by atoms with Crippen molar-refractivity contribution in [3.05, 3.63) is 48.0 Å². The molecule has 2 aromatic carbocycles. The van der Waals surface area contributed by atoms with Crippen molar-refractivity contribution in [2.75, 3.05) is 47.1 Å². The molecule has 0 saturated carbocycles.